The highest BCUT2D eigenvalue weighted by Gasteiger charge is 2.37. The summed E-state index contributed by atoms with van der Waals surface area (Å²) in [6.07, 6.45) is 19.2. The Morgan fingerprint density at radius 1 is 1.09 bits per heavy atom. The molecule has 0 fully saturated rings. The first kappa shape index (κ1) is 24.4. The smallest absolute Gasteiger partial charge is 0.0791 e. The number of allylic oxidation sites excluding steroid dienone is 9. The molecule has 0 amide bonds. The van der Waals surface area contributed by atoms with Crippen LogP contribution < -0.4 is 11.1 Å². The molecule has 0 radical (unpaired) electrons. The molecule has 1 aromatic rings. The minimum atomic E-state index is 0.158. The molecule has 174 valence electrons. The fraction of sp³-hybridized carbons (Fsp3) is 0.333. The van der Waals surface area contributed by atoms with Crippen LogP contribution in [0.15, 0.2) is 96.2 Å². The van der Waals surface area contributed by atoms with E-state index in [1.165, 1.54) is 35.1 Å². The Morgan fingerprint density at radius 2 is 1.73 bits per heavy atom. The van der Waals surface area contributed by atoms with Crippen LogP contribution in [0, 0.1) is 6.92 Å². The number of aliphatic hydroxyl groups is 1. The molecule has 0 spiro atoms. The molecule has 4 N–H and O–H groups in total. The van der Waals surface area contributed by atoms with E-state index in [0.29, 0.717) is 0 Å². The van der Waals surface area contributed by atoms with Crippen molar-refractivity contribution < 1.29 is 5.11 Å². The molecule has 2 aliphatic rings. The number of hydrogen-bond acceptors (Lipinski definition) is 3. The third kappa shape index (κ3) is 5.60. The molecule has 2 aliphatic carbocycles. The van der Waals surface area contributed by atoms with Crippen LogP contribution in [0.25, 0.3) is 0 Å². The summed E-state index contributed by atoms with van der Waals surface area (Å²) in [5.41, 5.74) is 15.2. The molecule has 3 rings (SSSR count). The summed E-state index contributed by atoms with van der Waals surface area (Å²) in [5.74, 6) is 0. The van der Waals surface area contributed by atoms with Crippen molar-refractivity contribution in [1.29, 1.82) is 0 Å². The maximum Gasteiger partial charge on any atom is 0.0791 e. The minimum absolute atomic E-state index is 0.158. The van der Waals surface area contributed by atoms with Gasteiger partial charge in [0.25, 0.3) is 0 Å². The number of benzene rings is 1. The summed E-state index contributed by atoms with van der Waals surface area (Å²) < 4.78 is 0. The average molecular weight is 443 g/mol. The van der Waals surface area contributed by atoms with Crippen LogP contribution in [0.5, 0.6) is 0 Å². The lowest BCUT2D eigenvalue weighted by Gasteiger charge is -2.42. The standard InChI is InChI=1S/C30H38N2O/c1-21-16-27-28(30(5,6)14-13-29(27,3)4)19-25(21)18-24(11-9-15-33)22(2)32-26-12-8-7-10-23(17-26)20-31/h7-12,15-17,19-20,32-33H,2,13-14,18,31H2,1,3-6H3/b15-9-,23-20+,24-11-. The number of hydrogen-bond donors (Lipinski definition) is 3. The van der Waals surface area contributed by atoms with E-state index in [0.717, 1.165) is 35.2 Å². The van der Waals surface area contributed by atoms with Crippen LogP contribution in [-0.2, 0) is 17.3 Å². The van der Waals surface area contributed by atoms with Crippen molar-refractivity contribution in [2.75, 3.05) is 0 Å². The molecular formula is C30H38N2O. The normalized spacial score (nSPS) is 20.5. The van der Waals surface area contributed by atoms with Crippen molar-refractivity contribution in [3.8, 4) is 0 Å². The fourth-order valence-corrected chi connectivity index (χ4v) is 4.63. The van der Waals surface area contributed by atoms with Gasteiger partial charge in [-0.1, -0.05) is 70.7 Å². The number of nitrogens with one attached hydrogen (secondary N) is 1. The van der Waals surface area contributed by atoms with E-state index in [1.807, 2.05) is 36.5 Å². The molecule has 0 saturated heterocycles. The van der Waals surface area contributed by atoms with Crippen LogP contribution >= 0.6 is 0 Å². The molecule has 0 atom stereocenters. The summed E-state index contributed by atoms with van der Waals surface area (Å²) in [5, 5.41) is 12.7. The summed E-state index contributed by atoms with van der Waals surface area (Å²) >= 11 is 0. The summed E-state index contributed by atoms with van der Waals surface area (Å²) in [6, 6.07) is 4.79. The van der Waals surface area contributed by atoms with E-state index in [2.05, 4.69) is 58.6 Å². The van der Waals surface area contributed by atoms with Gasteiger partial charge in [0.15, 0.2) is 0 Å². The van der Waals surface area contributed by atoms with Crippen LogP contribution in [0.3, 0.4) is 0 Å². The van der Waals surface area contributed by atoms with Gasteiger partial charge in [-0.15, -0.1) is 0 Å². The van der Waals surface area contributed by atoms with Crippen molar-refractivity contribution >= 4 is 0 Å². The Morgan fingerprint density at radius 3 is 2.36 bits per heavy atom. The van der Waals surface area contributed by atoms with Gasteiger partial charge < -0.3 is 16.2 Å². The quantitative estimate of drug-likeness (QED) is 0.334. The Bertz CT molecular complexity index is 1100. The number of nitrogens with two attached hydrogens (primary N) is 1. The van der Waals surface area contributed by atoms with Crippen molar-refractivity contribution in [2.24, 2.45) is 5.73 Å². The second-order valence-corrected chi connectivity index (χ2v) is 10.4. The van der Waals surface area contributed by atoms with Crippen LogP contribution in [0.4, 0.5) is 0 Å². The molecule has 0 bridgehead atoms. The molecule has 0 aliphatic heterocycles. The van der Waals surface area contributed by atoms with Crippen LogP contribution in [-0.4, -0.2) is 5.11 Å². The first-order chi connectivity index (χ1) is 15.6. The number of aliphatic hydroxyl groups excluding tert-OH is 1. The van der Waals surface area contributed by atoms with Crippen LogP contribution in [0.2, 0.25) is 0 Å². The highest BCUT2D eigenvalue weighted by atomic mass is 16.2. The Hall–Kier alpha value is -3.20. The third-order valence-corrected chi connectivity index (χ3v) is 6.95. The van der Waals surface area contributed by atoms with Gasteiger partial charge in [0.1, 0.15) is 0 Å². The Kier molecular flexibility index (Phi) is 7.22. The predicted molar refractivity (Wildman–Crippen MR) is 141 cm³/mol. The largest absolute Gasteiger partial charge is 0.516 e. The van der Waals surface area contributed by atoms with E-state index in [9.17, 15) is 5.11 Å². The monoisotopic (exact) mass is 442 g/mol. The molecule has 0 unspecified atom stereocenters. The zero-order valence-electron chi connectivity index (χ0n) is 20.7. The highest BCUT2D eigenvalue weighted by molar-refractivity contribution is 5.50. The molecular weight excluding hydrogens is 404 g/mol. The SMILES string of the molecule is C=C(NC1=C/C(=C/N)C=CC=C1)/C(=C\C=C/O)Cc1cc2c(cc1C)C(C)(C)CCC2(C)C. The number of aryl methyl sites for hydroxylation is 1. The maximum absolute atomic E-state index is 9.30. The number of fused-ring (bicyclic) bond motifs is 1. The van der Waals surface area contributed by atoms with Crippen LogP contribution in [0.1, 0.15) is 62.8 Å². The predicted octanol–water partition coefficient (Wildman–Crippen LogP) is 6.84. The third-order valence-electron chi connectivity index (χ3n) is 6.95. The lowest BCUT2D eigenvalue weighted by atomic mass is 9.62. The molecule has 0 aromatic heterocycles. The van der Waals surface area contributed by atoms with Gasteiger partial charge in [0.2, 0.25) is 0 Å². The minimum Gasteiger partial charge on any atom is -0.516 e. The second-order valence-electron chi connectivity index (χ2n) is 10.4. The zero-order valence-corrected chi connectivity index (χ0v) is 20.7. The Balaban J connectivity index is 1.94. The summed E-state index contributed by atoms with van der Waals surface area (Å²) in [4.78, 5) is 0. The molecule has 0 heterocycles. The van der Waals surface area contributed by atoms with Crippen molar-refractivity contribution in [3.05, 3.63) is 118 Å². The van der Waals surface area contributed by atoms with Gasteiger partial charge in [-0.05, 0) is 88.6 Å². The zero-order chi connectivity index (χ0) is 24.2. The molecule has 1 aromatic carbocycles. The first-order valence-electron chi connectivity index (χ1n) is 11.7. The van der Waals surface area contributed by atoms with Gasteiger partial charge in [-0.3, -0.25) is 0 Å². The first-order valence-corrected chi connectivity index (χ1v) is 11.7. The van der Waals surface area contributed by atoms with E-state index in [1.54, 1.807) is 12.3 Å². The number of rotatable bonds is 6. The van der Waals surface area contributed by atoms with E-state index in [-0.39, 0.29) is 10.8 Å². The van der Waals surface area contributed by atoms with Crippen molar-refractivity contribution in [2.45, 2.75) is 64.7 Å². The Labute approximate surface area is 199 Å². The topological polar surface area (TPSA) is 58.3 Å². The molecule has 33 heavy (non-hydrogen) atoms. The lowest BCUT2D eigenvalue weighted by molar-refractivity contribution is 0.331. The van der Waals surface area contributed by atoms with Crippen molar-refractivity contribution in [1.82, 2.24) is 5.32 Å². The average Bonchev–Trinajstić information content (AvgIpc) is 3.00. The van der Waals surface area contributed by atoms with Gasteiger partial charge in [-0.2, -0.15) is 0 Å². The summed E-state index contributed by atoms with van der Waals surface area (Å²) in [7, 11) is 0. The maximum atomic E-state index is 9.30. The van der Waals surface area contributed by atoms with E-state index < -0.39 is 0 Å². The lowest BCUT2D eigenvalue weighted by Crippen LogP contribution is -2.34. The summed E-state index contributed by atoms with van der Waals surface area (Å²) in [6.45, 7) is 15.9. The van der Waals surface area contributed by atoms with Gasteiger partial charge in [0.05, 0.1) is 6.26 Å². The van der Waals surface area contributed by atoms with Gasteiger partial charge in [0, 0.05) is 17.6 Å². The van der Waals surface area contributed by atoms with E-state index in [4.69, 9.17) is 5.73 Å². The van der Waals surface area contributed by atoms with E-state index >= 15 is 0 Å². The molecule has 3 nitrogen and oxygen atoms in total. The van der Waals surface area contributed by atoms with Gasteiger partial charge in [-0.25, -0.2) is 0 Å². The second kappa shape index (κ2) is 9.74. The van der Waals surface area contributed by atoms with Crippen molar-refractivity contribution in [3.63, 3.8) is 0 Å². The molecule has 0 saturated carbocycles. The molecule has 3 heteroatoms. The fourth-order valence-electron chi connectivity index (χ4n) is 4.63. The highest BCUT2D eigenvalue weighted by Crippen LogP contribution is 2.46. The van der Waals surface area contributed by atoms with Gasteiger partial charge >= 0.3 is 0 Å².